The first-order chi connectivity index (χ1) is 8.86. The Kier molecular flexibility index (Phi) is 4.77. The van der Waals surface area contributed by atoms with Crippen LogP contribution in [0.5, 0.6) is 0 Å². The summed E-state index contributed by atoms with van der Waals surface area (Å²) in [5.74, 6) is 0.487. The molecule has 0 saturated carbocycles. The summed E-state index contributed by atoms with van der Waals surface area (Å²) in [6.07, 6.45) is 4.49. The highest BCUT2D eigenvalue weighted by molar-refractivity contribution is 5.86. The lowest BCUT2D eigenvalue weighted by molar-refractivity contribution is 0.272. The summed E-state index contributed by atoms with van der Waals surface area (Å²) in [6, 6.07) is 15.1. The molecule has 1 N–H and O–H groups in total. The molecule has 1 atom stereocenters. The van der Waals surface area contributed by atoms with Gasteiger partial charge in [0.25, 0.3) is 0 Å². The number of benzene rings is 2. The summed E-state index contributed by atoms with van der Waals surface area (Å²) in [7, 11) is 0. The monoisotopic (exact) mass is 242 g/mol. The minimum atomic E-state index is 0.275. The standard InChI is InChI=1S/C17H22O/c1-2-3-7-15(12-13-18)17-11-6-9-14-8-4-5-10-16(14)17/h4-6,8-11,15,18H,2-3,7,12-13H2,1H3. The molecule has 0 radical (unpaired) electrons. The Morgan fingerprint density at radius 3 is 2.56 bits per heavy atom. The van der Waals surface area contributed by atoms with Gasteiger partial charge in [0.1, 0.15) is 0 Å². The zero-order chi connectivity index (χ0) is 12.8. The van der Waals surface area contributed by atoms with Crippen LogP contribution in [0.1, 0.15) is 44.1 Å². The number of unbranched alkanes of at least 4 members (excludes halogenated alkanes) is 1. The molecule has 0 aliphatic rings. The molecule has 0 fully saturated rings. The fourth-order valence-corrected chi connectivity index (χ4v) is 2.67. The molecule has 0 bridgehead atoms. The average Bonchev–Trinajstić information content (AvgIpc) is 2.43. The van der Waals surface area contributed by atoms with Gasteiger partial charge in [-0.2, -0.15) is 0 Å². The van der Waals surface area contributed by atoms with Gasteiger partial charge in [0.05, 0.1) is 0 Å². The van der Waals surface area contributed by atoms with Crippen molar-refractivity contribution in [1.82, 2.24) is 0 Å². The summed E-state index contributed by atoms with van der Waals surface area (Å²) in [5, 5.41) is 11.9. The zero-order valence-electron chi connectivity index (χ0n) is 11.1. The normalized spacial score (nSPS) is 12.8. The van der Waals surface area contributed by atoms with Crippen molar-refractivity contribution in [2.45, 2.75) is 38.5 Å². The number of hydrogen-bond donors (Lipinski definition) is 1. The number of aliphatic hydroxyl groups is 1. The molecular weight excluding hydrogens is 220 g/mol. The van der Waals surface area contributed by atoms with Gasteiger partial charge in [-0.15, -0.1) is 0 Å². The maximum absolute atomic E-state index is 9.27. The summed E-state index contributed by atoms with van der Waals surface area (Å²) >= 11 is 0. The quantitative estimate of drug-likeness (QED) is 0.791. The van der Waals surface area contributed by atoms with Crippen molar-refractivity contribution in [2.24, 2.45) is 0 Å². The lowest BCUT2D eigenvalue weighted by atomic mass is 9.87. The smallest absolute Gasteiger partial charge is 0.0436 e. The molecule has 2 aromatic carbocycles. The SMILES string of the molecule is CCCCC(CCO)c1cccc2ccccc12. The van der Waals surface area contributed by atoms with Crippen molar-refractivity contribution in [2.75, 3.05) is 6.61 Å². The van der Waals surface area contributed by atoms with Gasteiger partial charge in [-0.1, -0.05) is 62.2 Å². The fraction of sp³-hybridized carbons (Fsp3) is 0.412. The Hall–Kier alpha value is -1.34. The van der Waals surface area contributed by atoms with E-state index in [9.17, 15) is 5.11 Å². The Balaban J connectivity index is 2.36. The van der Waals surface area contributed by atoms with Crippen LogP contribution in [-0.4, -0.2) is 11.7 Å². The van der Waals surface area contributed by atoms with E-state index in [1.54, 1.807) is 0 Å². The van der Waals surface area contributed by atoms with Crippen LogP contribution in [0.3, 0.4) is 0 Å². The van der Waals surface area contributed by atoms with Crippen LogP contribution in [0.4, 0.5) is 0 Å². The maximum Gasteiger partial charge on any atom is 0.0436 e. The van der Waals surface area contributed by atoms with E-state index in [-0.39, 0.29) is 6.61 Å². The van der Waals surface area contributed by atoms with Crippen molar-refractivity contribution >= 4 is 10.8 Å². The summed E-state index contributed by atoms with van der Waals surface area (Å²) in [6.45, 7) is 2.50. The minimum absolute atomic E-state index is 0.275. The predicted octanol–water partition coefficient (Wildman–Crippen LogP) is 4.50. The predicted molar refractivity (Wildman–Crippen MR) is 77.9 cm³/mol. The van der Waals surface area contributed by atoms with Gasteiger partial charge in [0.15, 0.2) is 0 Å². The van der Waals surface area contributed by atoms with Crippen LogP contribution in [0.15, 0.2) is 42.5 Å². The van der Waals surface area contributed by atoms with Gasteiger partial charge in [0.2, 0.25) is 0 Å². The largest absolute Gasteiger partial charge is 0.396 e. The Bertz CT molecular complexity index is 484. The highest BCUT2D eigenvalue weighted by Gasteiger charge is 2.13. The van der Waals surface area contributed by atoms with E-state index in [1.165, 1.54) is 35.6 Å². The Morgan fingerprint density at radius 2 is 1.78 bits per heavy atom. The van der Waals surface area contributed by atoms with Crippen molar-refractivity contribution in [1.29, 1.82) is 0 Å². The fourth-order valence-electron chi connectivity index (χ4n) is 2.67. The Morgan fingerprint density at radius 1 is 1.00 bits per heavy atom. The molecule has 0 spiro atoms. The van der Waals surface area contributed by atoms with E-state index < -0.39 is 0 Å². The summed E-state index contributed by atoms with van der Waals surface area (Å²) in [5.41, 5.74) is 1.40. The van der Waals surface area contributed by atoms with Crippen LogP contribution in [0.2, 0.25) is 0 Å². The molecule has 0 amide bonds. The molecule has 0 aromatic heterocycles. The molecular formula is C17H22O. The average molecular weight is 242 g/mol. The van der Waals surface area contributed by atoms with Gasteiger partial charge < -0.3 is 5.11 Å². The second kappa shape index (κ2) is 6.55. The number of fused-ring (bicyclic) bond motifs is 1. The van der Waals surface area contributed by atoms with Crippen LogP contribution in [0.25, 0.3) is 10.8 Å². The van der Waals surface area contributed by atoms with Gasteiger partial charge in [-0.05, 0) is 35.1 Å². The third-order valence-corrected chi connectivity index (χ3v) is 3.65. The first-order valence-corrected chi connectivity index (χ1v) is 6.95. The first-order valence-electron chi connectivity index (χ1n) is 6.95. The molecule has 2 rings (SSSR count). The van der Waals surface area contributed by atoms with Gasteiger partial charge >= 0.3 is 0 Å². The van der Waals surface area contributed by atoms with E-state index >= 15 is 0 Å². The van der Waals surface area contributed by atoms with E-state index in [1.807, 2.05) is 0 Å². The van der Waals surface area contributed by atoms with E-state index in [4.69, 9.17) is 0 Å². The maximum atomic E-state index is 9.27. The zero-order valence-corrected chi connectivity index (χ0v) is 11.1. The van der Waals surface area contributed by atoms with Crippen molar-refractivity contribution < 1.29 is 5.11 Å². The van der Waals surface area contributed by atoms with Gasteiger partial charge in [-0.25, -0.2) is 0 Å². The molecule has 1 nitrogen and oxygen atoms in total. The molecule has 0 aliphatic carbocycles. The van der Waals surface area contributed by atoms with Crippen molar-refractivity contribution in [3.63, 3.8) is 0 Å². The molecule has 0 saturated heterocycles. The van der Waals surface area contributed by atoms with Crippen LogP contribution in [0, 0.1) is 0 Å². The molecule has 1 unspecified atom stereocenters. The Labute approximate surface area is 109 Å². The molecule has 18 heavy (non-hydrogen) atoms. The topological polar surface area (TPSA) is 20.2 Å². The van der Waals surface area contributed by atoms with Crippen LogP contribution >= 0.6 is 0 Å². The van der Waals surface area contributed by atoms with E-state index in [0.29, 0.717) is 5.92 Å². The van der Waals surface area contributed by atoms with E-state index in [0.717, 1.165) is 6.42 Å². The van der Waals surface area contributed by atoms with Crippen LogP contribution in [-0.2, 0) is 0 Å². The molecule has 1 heteroatoms. The highest BCUT2D eigenvalue weighted by Crippen LogP contribution is 2.31. The second-order valence-electron chi connectivity index (χ2n) is 4.92. The molecule has 96 valence electrons. The highest BCUT2D eigenvalue weighted by atomic mass is 16.3. The minimum Gasteiger partial charge on any atom is -0.396 e. The number of hydrogen-bond acceptors (Lipinski definition) is 1. The molecule has 0 heterocycles. The number of aliphatic hydroxyl groups excluding tert-OH is 1. The van der Waals surface area contributed by atoms with Gasteiger partial charge in [0, 0.05) is 6.61 Å². The van der Waals surface area contributed by atoms with Crippen molar-refractivity contribution in [3.8, 4) is 0 Å². The first kappa shape index (κ1) is 13.1. The lowest BCUT2D eigenvalue weighted by Gasteiger charge is -2.18. The lowest BCUT2D eigenvalue weighted by Crippen LogP contribution is -2.02. The summed E-state index contributed by atoms with van der Waals surface area (Å²) < 4.78 is 0. The molecule has 0 aliphatic heterocycles. The third kappa shape index (κ3) is 2.91. The molecule has 2 aromatic rings. The van der Waals surface area contributed by atoms with E-state index in [2.05, 4.69) is 49.4 Å². The third-order valence-electron chi connectivity index (χ3n) is 3.65. The van der Waals surface area contributed by atoms with Gasteiger partial charge in [-0.3, -0.25) is 0 Å². The second-order valence-corrected chi connectivity index (χ2v) is 4.92. The number of rotatable bonds is 6. The summed E-state index contributed by atoms with van der Waals surface area (Å²) in [4.78, 5) is 0. The van der Waals surface area contributed by atoms with Crippen LogP contribution < -0.4 is 0 Å². The van der Waals surface area contributed by atoms with Crippen molar-refractivity contribution in [3.05, 3.63) is 48.0 Å².